The van der Waals surface area contributed by atoms with Crippen molar-refractivity contribution in [2.75, 3.05) is 31.1 Å². The van der Waals surface area contributed by atoms with Gasteiger partial charge in [-0.2, -0.15) is 0 Å². The zero-order valence-corrected chi connectivity index (χ0v) is 18.5. The van der Waals surface area contributed by atoms with Gasteiger partial charge in [-0.3, -0.25) is 14.9 Å². The fourth-order valence-electron chi connectivity index (χ4n) is 4.96. The molecule has 3 aliphatic heterocycles. The zero-order valence-electron chi connectivity index (χ0n) is 17.6. The predicted octanol–water partition coefficient (Wildman–Crippen LogP) is 3.09. The molecular formula is C24H27N3O3S. The lowest BCUT2D eigenvalue weighted by Crippen LogP contribution is -2.47. The van der Waals surface area contributed by atoms with E-state index < -0.39 is 11.5 Å². The van der Waals surface area contributed by atoms with Crippen molar-refractivity contribution in [3.8, 4) is 0 Å². The Kier molecular flexibility index (Phi) is 5.28. The first-order valence-electron chi connectivity index (χ1n) is 10.8. The summed E-state index contributed by atoms with van der Waals surface area (Å²) in [5.41, 5.74) is 2.94. The number of hydrogen-bond acceptors (Lipinski definition) is 6. The first-order valence-corrected chi connectivity index (χ1v) is 11.6. The Morgan fingerprint density at radius 3 is 2.55 bits per heavy atom. The molecule has 31 heavy (non-hydrogen) atoms. The molecule has 0 bridgehead atoms. The number of aryl methyl sites for hydroxylation is 1. The first kappa shape index (κ1) is 20.5. The molecule has 0 aliphatic carbocycles. The van der Waals surface area contributed by atoms with Crippen molar-refractivity contribution in [3.05, 3.63) is 48.0 Å². The lowest BCUT2D eigenvalue weighted by Gasteiger charge is -2.39. The van der Waals surface area contributed by atoms with E-state index in [1.807, 2.05) is 12.1 Å². The maximum atomic E-state index is 12.2. The average molecular weight is 438 g/mol. The number of nitrogens with zero attached hydrogens (tertiary/aromatic N) is 2. The van der Waals surface area contributed by atoms with Crippen LogP contribution in [0.5, 0.6) is 0 Å². The van der Waals surface area contributed by atoms with Crippen LogP contribution in [0, 0.1) is 12.3 Å². The van der Waals surface area contributed by atoms with Gasteiger partial charge in [-0.25, -0.2) is 0 Å². The van der Waals surface area contributed by atoms with E-state index in [-0.39, 0.29) is 11.8 Å². The van der Waals surface area contributed by atoms with Crippen LogP contribution in [0.15, 0.2) is 52.3 Å². The number of carbonyl (C=O) groups excluding carboxylic acids is 2. The number of anilines is 2. The molecular weight excluding hydrogens is 410 g/mol. The summed E-state index contributed by atoms with van der Waals surface area (Å²) >= 11 is 1.77. The van der Waals surface area contributed by atoms with E-state index in [2.05, 4.69) is 52.4 Å². The van der Waals surface area contributed by atoms with Crippen molar-refractivity contribution >= 4 is 35.0 Å². The van der Waals surface area contributed by atoms with Crippen molar-refractivity contribution in [1.29, 1.82) is 0 Å². The molecule has 0 radical (unpaired) electrons. The van der Waals surface area contributed by atoms with Gasteiger partial charge in [-0.15, -0.1) is 0 Å². The van der Waals surface area contributed by atoms with Crippen LogP contribution in [0.1, 0.15) is 24.8 Å². The third kappa shape index (κ3) is 3.86. The zero-order chi connectivity index (χ0) is 21.6. The minimum atomic E-state index is -0.530. The number of hydrogen-bond donors (Lipinski definition) is 2. The van der Waals surface area contributed by atoms with Gasteiger partial charge < -0.3 is 14.9 Å². The van der Waals surface area contributed by atoms with Crippen LogP contribution in [-0.4, -0.2) is 54.1 Å². The van der Waals surface area contributed by atoms with Crippen LogP contribution in [-0.2, 0) is 9.59 Å². The van der Waals surface area contributed by atoms with E-state index in [1.165, 1.54) is 15.4 Å². The number of fused-ring (bicyclic) bond motifs is 2. The van der Waals surface area contributed by atoms with E-state index in [4.69, 9.17) is 0 Å². The molecule has 162 valence electrons. The van der Waals surface area contributed by atoms with Crippen LogP contribution in [0.4, 0.5) is 11.4 Å². The molecule has 2 fully saturated rings. The van der Waals surface area contributed by atoms with Crippen molar-refractivity contribution in [2.24, 2.45) is 5.41 Å². The Morgan fingerprint density at radius 1 is 1.06 bits per heavy atom. The normalized spacial score (nSPS) is 21.0. The highest BCUT2D eigenvalue weighted by atomic mass is 32.2. The Morgan fingerprint density at radius 2 is 1.81 bits per heavy atom. The molecule has 1 unspecified atom stereocenters. The van der Waals surface area contributed by atoms with Gasteiger partial charge in [0.1, 0.15) is 0 Å². The van der Waals surface area contributed by atoms with E-state index >= 15 is 0 Å². The lowest BCUT2D eigenvalue weighted by molar-refractivity contribution is -0.130. The van der Waals surface area contributed by atoms with E-state index in [0.29, 0.717) is 32.4 Å². The average Bonchev–Trinajstić information content (AvgIpc) is 3.02. The van der Waals surface area contributed by atoms with Gasteiger partial charge in [-0.1, -0.05) is 30.0 Å². The topological polar surface area (TPSA) is 72.9 Å². The maximum absolute atomic E-state index is 12.2. The van der Waals surface area contributed by atoms with Gasteiger partial charge in [0.25, 0.3) is 0 Å². The first-order chi connectivity index (χ1) is 14.9. The number of nitrogens with one attached hydrogen (secondary N) is 1. The minimum absolute atomic E-state index is 0.118. The highest BCUT2D eigenvalue weighted by molar-refractivity contribution is 7.99. The molecule has 7 heteroatoms. The largest absolute Gasteiger partial charge is 0.390 e. The number of carbonyl (C=O) groups is 2. The summed E-state index contributed by atoms with van der Waals surface area (Å²) < 4.78 is 0. The van der Waals surface area contributed by atoms with E-state index in [1.54, 1.807) is 11.8 Å². The SMILES string of the molecule is Cc1ccc2c(c1)N(CC(O)CN1CCC3(CC1)CC(=O)NC3=O)c1ccccc1S2. The van der Waals surface area contributed by atoms with Crippen molar-refractivity contribution < 1.29 is 14.7 Å². The molecule has 3 heterocycles. The van der Waals surface area contributed by atoms with Gasteiger partial charge >= 0.3 is 0 Å². The quantitative estimate of drug-likeness (QED) is 0.717. The van der Waals surface area contributed by atoms with Gasteiger partial charge in [0, 0.05) is 22.8 Å². The highest BCUT2D eigenvalue weighted by Crippen LogP contribution is 2.48. The number of aliphatic hydroxyl groups is 1. The number of aliphatic hydroxyl groups excluding tert-OH is 1. The van der Waals surface area contributed by atoms with Crippen LogP contribution >= 0.6 is 11.8 Å². The summed E-state index contributed by atoms with van der Waals surface area (Å²) in [6.45, 7) is 4.60. The molecule has 2 amide bonds. The molecule has 2 N–H and O–H groups in total. The van der Waals surface area contributed by atoms with E-state index in [0.717, 1.165) is 24.5 Å². The number of β-amino-alcohol motifs (C(OH)–C–C–N with tert-alkyl or cyclic N) is 1. The van der Waals surface area contributed by atoms with Crippen LogP contribution in [0.2, 0.25) is 0 Å². The summed E-state index contributed by atoms with van der Waals surface area (Å²) in [6, 6.07) is 14.8. The van der Waals surface area contributed by atoms with E-state index in [9.17, 15) is 14.7 Å². The number of imide groups is 1. The molecule has 0 aromatic heterocycles. The number of likely N-dealkylation sites (tertiary alicyclic amines) is 1. The summed E-state index contributed by atoms with van der Waals surface area (Å²) in [6.07, 6.45) is 1.11. The predicted molar refractivity (Wildman–Crippen MR) is 121 cm³/mol. The second-order valence-corrected chi connectivity index (χ2v) is 10.0. The van der Waals surface area contributed by atoms with Gasteiger partial charge in [0.2, 0.25) is 11.8 Å². The Balaban J connectivity index is 1.28. The number of rotatable bonds is 4. The molecule has 5 rings (SSSR count). The molecule has 6 nitrogen and oxygen atoms in total. The van der Waals surface area contributed by atoms with Crippen LogP contribution in [0.25, 0.3) is 0 Å². The molecule has 3 aliphatic rings. The number of piperidine rings is 1. The van der Waals surface area contributed by atoms with Gasteiger partial charge in [0.15, 0.2) is 0 Å². The summed E-state index contributed by atoms with van der Waals surface area (Å²) in [5.74, 6) is -0.277. The third-order valence-electron chi connectivity index (χ3n) is 6.69. The summed E-state index contributed by atoms with van der Waals surface area (Å²) in [4.78, 5) is 30.7. The van der Waals surface area contributed by atoms with Crippen molar-refractivity contribution in [1.82, 2.24) is 10.2 Å². The van der Waals surface area contributed by atoms with Crippen molar-refractivity contribution in [3.63, 3.8) is 0 Å². The molecule has 1 spiro atoms. The number of amides is 2. The monoisotopic (exact) mass is 437 g/mol. The standard InChI is InChI=1S/C24H27N3O3S/c1-16-6-7-21-19(12-16)27(18-4-2-3-5-20(18)31-21)15-17(28)14-26-10-8-24(9-11-26)13-22(29)25-23(24)30/h2-7,12,17,28H,8-11,13-15H2,1H3,(H,25,29,30). The Labute approximate surface area is 186 Å². The fraction of sp³-hybridized carbons (Fsp3) is 0.417. The van der Waals surface area contributed by atoms with Crippen molar-refractivity contribution in [2.45, 2.75) is 42.1 Å². The molecule has 2 aromatic carbocycles. The number of para-hydroxylation sites is 1. The summed E-state index contributed by atoms with van der Waals surface area (Å²) in [7, 11) is 0. The van der Waals surface area contributed by atoms with Crippen LogP contribution < -0.4 is 10.2 Å². The number of benzene rings is 2. The third-order valence-corrected chi connectivity index (χ3v) is 7.82. The summed E-state index contributed by atoms with van der Waals surface area (Å²) in [5, 5.41) is 13.5. The van der Waals surface area contributed by atoms with Gasteiger partial charge in [-0.05, 0) is 62.7 Å². The smallest absolute Gasteiger partial charge is 0.233 e. The molecule has 2 saturated heterocycles. The minimum Gasteiger partial charge on any atom is -0.390 e. The second kappa shape index (κ2) is 7.97. The highest BCUT2D eigenvalue weighted by Gasteiger charge is 2.48. The van der Waals surface area contributed by atoms with Crippen LogP contribution in [0.3, 0.4) is 0 Å². The Bertz CT molecular complexity index is 1030. The molecule has 2 aromatic rings. The maximum Gasteiger partial charge on any atom is 0.233 e. The Hall–Kier alpha value is -2.35. The molecule has 1 atom stereocenters. The fourth-order valence-corrected chi connectivity index (χ4v) is 6.04. The lowest BCUT2D eigenvalue weighted by atomic mass is 9.77. The molecule has 0 saturated carbocycles. The second-order valence-electron chi connectivity index (χ2n) is 8.94. The van der Waals surface area contributed by atoms with Gasteiger partial charge in [0.05, 0.1) is 29.4 Å².